The molecule has 0 bridgehead atoms. The maximum Gasteiger partial charge on any atom is 0.201 e. The SMILES string of the molecule is IC[C@H]1O[C@@]2(CC=CCO2)[C@H](OCc2ccccc2)[C@@H](OCc2ccccc2)[C@@H]1OCc1ccccc1. The fourth-order valence-electron chi connectivity index (χ4n) is 4.89. The molecule has 6 heteroatoms. The summed E-state index contributed by atoms with van der Waals surface area (Å²) in [4.78, 5) is 0. The zero-order valence-electron chi connectivity index (χ0n) is 20.8. The van der Waals surface area contributed by atoms with Gasteiger partial charge in [0, 0.05) is 10.8 Å². The highest BCUT2D eigenvalue weighted by atomic mass is 127. The first kappa shape index (κ1) is 26.5. The van der Waals surface area contributed by atoms with Crippen molar-refractivity contribution >= 4 is 22.6 Å². The van der Waals surface area contributed by atoms with Gasteiger partial charge < -0.3 is 23.7 Å². The quantitative estimate of drug-likeness (QED) is 0.154. The Bertz CT molecular complexity index is 1110. The molecule has 2 aliphatic heterocycles. The van der Waals surface area contributed by atoms with Crippen LogP contribution in [0.15, 0.2) is 103 Å². The average molecular weight is 613 g/mol. The molecular formula is C31H33IO5. The lowest BCUT2D eigenvalue weighted by Crippen LogP contribution is -2.67. The summed E-state index contributed by atoms with van der Waals surface area (Å²) in [6.45, 7) is 1.81. The maximum atomic E-state index is 6.74. The van der Waals surface area contributed by atoms with Gasteiger partial charge in [0.05, 0.1) is 32.5 Å². The molecule has 2 aliphatic rings. The normalized spacial score (nSPS) is 27.4. The molecule has 0 aromatic heterocycles. The van der Waals surface area contributed by atoms with Gasteiger partial charge in [-0.25, -0.2) is 0 Å². The number of ether oxygens (including phenoxy) is 5. The minimum atomic E-state index is -0.937. The fraction of sp³-hybridized carbons (Fsp3) is 0.355. The van der Waals surface area contributed by atoms with Gasteiger partial charge in [-0.05, 0) is 16.7 Å². The summed E-state index contributed by atoms with van der Waals surface area (Å²) in [5.74, 6) is -0.937. The van der Waals surface area contributed by atoms with Crippen LogP contribution >= 0.6 is 22.6 Å². The van der Waals surface area contributed by atoms with Gasteiger partial charge in [0.2, 0.25) is 5.79 Å². The van der Waals surface area contributed by atoms with Crippen LogP contribution in [0.3, 0.4) is 0 Å². The van der Waals surface area contributed by atoms with Crippen LogP contribution in [0.5, 0.6) is 0 Å². The highest BCUT2D eigenvalue weighted by Gasteiger charge is 2.57. The van der Waals surface area contributed by atoms with Gasteiger partial charge in [-0.3, -0.25) is 0 Å². The summed E-state index contributed by atoms with van der Waals surface area (Å²) in [5.41, 5.74) is 3.29. The molecule has 0 unspecified atom stereocenters. The molecule has 37 heavy (non-hydrogen) atoms. The third-order valence-corrected chi connectivity index (χ3v) is 7.63. The van der Waals surface area contributed by atoms with Crippen molar-refractivity contribution in [3.63, 3.8) is 0 Å². The van der Waals surface area contributed by atoms with Crippen LogP contribution < -0.4 is 0 Å². The standard InChI is InChI=1S/C31H33IO5/c32-20-27-28(33-21-24-12-4-1-5-13-24)29(34-22-25-14-6-2-7-15-25)30(31(37-27)18-10-11-19-36-31)35-23-26-16-8-3-9-17-26/h1-17,27-30H,18-23H2/t27-,28-,29+,30-,31+/m1/s1. The maximum absolute atomic E-state index is 6.74. The molecule has 194 valence electrons. The van der Waals surface area contributed by atoms with E-state index in [0.29, 0.717) is 32.8 Å². The highest BCUT2D eigenvalue weighted by Crippen LogP contribution is 2.41. The van der Waals surface area contributed by atoms with Crippen LogP contribution in [0, 0.1) is 0 Å². The predicted octanol–water partition coefficient (Wildman–Crippen LogP) is 6.25. The van der Waals surface area contributed by atoms with E-state index < -0.39 is 18.0 Å². The van der Waals surface area contributed by atoms with Crippen LogP contribution in [0.1, 0.15) is 23.1 Å². The summed E-state index contributed by atoms with van der Waals surface area (Å²) in [7, 11) is 0. The largest absolute Gasteiger partial charge is 0.368 e. The van der Waals surface area contributed by atoms with E-state index >= 15 is 0 Å². The van der Waals surface area contributed by atoms with Gasteiger partial charge in [0.15, 0.2) is 0 Å². The Kier molecular flexibility index (Phi) is 9.42. The van der Waals surface area contributed by atoms with Crippen molar-refractivity contribution in [3.8, 4) is 0 Å². The van der Waals surface area contributed by atoms with Crippen molar-refractivity contribution in [2.45, 2.75) is 56.4 Å². The first-order chi connectivity index (χ1) is 18.3. The monoisotopic (exact) mass is 612 g/mol. The molecular weight excluding hydrogens is 579 g/mol. The van der Waals surface area contributed by atoms with E-state index in [4.69, 9.17) is 23.7 Å². The second-order valence-corrected chi connectivity index (χ2v) is 10.2. The minimum Gasteiger partial charge on any atom is -0.368 e. The van der Waals surface area contributed by atoms with Gasteiger partial charge >= 0.3 is 0 Å². The Morgan fingerprint density at radius 3 is 1.68 bits per heavy atom. The molecule has 2 heterocycles. The Labute approximate surface area is 232 Å². The van der Waals surface area contributed by atoms with E-state index in [9.17, 15) is 0 Å². The van der Waals surface area contributed by atoms with Crippen molar-refractivity contribution < 1.29 is 23.7 Å². The van der Waals surface area contributed by atoms with Crippen LogP contribution in [-0.4, -0.2) is 41.2 Å². The molecule has 5 atom stereocenters. The number of alkyl halides is 1. The summed E-state index contributed by atoms with van der Waals surface area (Å²) in [6, 6.07) is 30.6. The smallest absolute Gasteiger partial charge is 0.201 e. The van der Waals surface area contributed by atoms with E-state index in [2.05, 4.69) is 65.1 Å². The average Bonchev–Trinajstić information content (AvgIpc) is 2.96. The molecule has 1 saturated heterocycles. The first-order valence-electron chi connectivity index (χ1n) is 12.8. The van der Waals surface area contributed by atoms with Crippen molar-refractivity contribution in [3.05, 3.63) is 120 Å². The minimum absolute atomic E-state index is 0.215. The van der Waals surface area contributed by atoms with Gasteiger partial charge in [-0.15, -0.1) is 0 Å². The summed E-state index contributed by atoms with van der Waals surface area (Å²) in [6.07, 6.45) is 3.31. The zero-order chi connectivity index (χ0) is 25.3. The Balaban J connectivity index is 1.45. The molecule has 5 rings (SSSR count). The lowest BCUT2D eigenvalue weighted by Gasteiger charge is -2.52. The molecule has 0 amide bonds. The number of rotatable bonds is 10. The topological polar surface area (TPSA) is 46.2 Å². The van der Waals surface area contributed by atoms with Crippen molar-refractivity contribution in [2.24, 2.45) is 0 Å². The van der Waals surface area contributed by atoms with Gasteiger partial charge in [0.25, 0.3) is 0 Å². The second-order valence-electron chi connectivity index (χ2n) is 9.35. The molecule has 3 aromatic carbocycles. The first-order valence-corrected chi connectivity index (χ1v) is 14.3. The van der Waals surface area contributed by atoms with Gasteiger partial charge in [0.1, 0.15) is 18.3 Å². The second kappa shape index (κ2) is 13.1. The molecule has 0 saturated carbocycles. The zero-order valence-corrected chi connectivity index (χ0v) is 22.9. The summed E-state index contributed by atoms with van der Waals surface area (Å²) in [5, 5.41) is 0. The third-order valence-electron chi connectivity index (χ3n) is 6.76. The summed E-state index contributed by atoms with van der Waals surface area (Å²) < 4.78 is 33.8. The van der Waals surface area contributed by atoms with E-state index in [1.165, 1.54) is 0 Å². The van der Waals surface area contributed by atoms with Crippen molar-refractivity contribution in [1.82, 2.24) is 0 Å². The van der Waals surface area contributed by atoms with E-state index in [-0.39, 0.29) is 12.2 Å². The Hall–Kier alpha value is -2.07. The number of hydrogen-bond donors (Lipinski definition) is 0. The Morgan fingerprint density at radius 2 is 1.19 bits per heavy atom. The molecule has 3 aromatic rings. The fourth-order valence-corrected chi connectivity index (χ4v) is 5.57. The van der Waals surface area contributed by atoms with E-state index in [0.717, 1.165) is 21.1 Å². The molecule has 0 N–H and O–H groups in total. The van der Waals surface area contributed by atoms with E-state index in [1.54, 1.807) is 0 Å². The van der Waals surface area contributed by atoms with Crippen LogP contribution in [0.25, 0.3) is 0 Å². The number of hydrogen-bond acceptors (Lipinski definition) is 5. The van der Waals surface area contributed by atoms with Crippen LogP contribution in [0.2, 0.25) is 0 Å². The van der Waals surface area contributed by atoms with Crippen LogP contribution in [-0.2, 0) is 43.5 Å². The summed E-state index contributed by atoms with van der Waals surface area (Å²) >= 11 is 2.37. The molecule has 0 radical (unpaired) electrons. The Morgan fingerprint density at radius 1 is 0.676 bits per heavy atom. The van der Waals surface area contributed by atoms with E-state index in [1.807, 2.05) is 60.7 Å². The molecule has 1 spiro atoms. The molecule has 5 nitrogen and oxygen atoms in total. The molecule has 0 aliphatic carbocycles. The molecule has 1 fully saturated rings. The van der Waals surface area contributed by atoms with Crippen LogP contribution in [0.4, 0.5) is 0 Å². The van der Waals surface area contributed by atoms with Crippen molar-refractivity contribution in [1.29, 1.82) is 0 Å². The van der Waals surface area contributed by atoms with Gasteiger partial charge in [-0.2, -0.15) is 0 Å². The number of benzene rings is 3. The van der Waals surface area contributed by atoms with Crippen molar-refractivity contribution in [2.75, 3.05) is 11.0 Å². The van der Waals surface area contributed by atoms with Gasteiger partial charge in [-0.1, -0.05) is 126 Å². The number of halogens is 1. The third kappa shape index (κ3) is 6.69. The lowest BCUT2D eigenvalue weighted by atomic mass is 9.89. The highest BCUT2D eigenvalue weighted by molar-refractivity contribution is 14.1. The lowest BCUT2D eigenvalue weighted by molar-refractivity contribution is -0.374. The predicted molar refractivity (Wildman–Crippen MR) is 151 cm³/mol.